The Morgan fingerprint density at radius 3 is 2.33 bits per heavy atom. The summed E-state index contributed by atoms with van der Waals surface area (Å²) < 4.78 is 13.1. The van der Waals surface area contributed by atoms with Crippen LogP contribution in [0.15, 0.2) is 72.8 Å². The fourth-order valence-electron chi connectivity index (χ4n) is 3.88. The minimum Gasteiger partial charge on any atom is -0.370 e. The first-order valence-electron chi connectivity index (χ1n) is 11.1. The molecule has 1 fully saturated rings. The van der Waals surface area contributed by atoms with Crippen LogP contribution in [0.3, 0.4) is 0 Å². The Bertz CT molecular complexity index is 1100. The second kappa shape index (κ2) is 10.6. The van der Waals surface area contributed by atoms with Crippen LogP contribution in [0.2, 0.25) is 0 Å². The summed E-state index contributed by atoms with van der Waals surface area (Å²) in [5.41, 5.74) is 3.61. The zero-order valence-electron chi connectivity index (χ0n) is 18.3. The van der Waals surface area contributed by atoms with Crippen molar-refractivity contribution in [3.8, 4) is 0 Å². The molecule has 0 atom stereocenters. The summed E-state index contributed by atoms with van der Waals surface area (Å²) in [5, 5.41) is 8.66. The fourth-order valence-corrected chi connectivity index (χ4v) is 3.88. The number of nitrogens with zero attached hydrogens (tertiary/aromatic N) is 1. The Kier molecular flexibility index (Phi) is 7.19. The summed E-state index contributed by atoms with van der Waals surface area (Å²) >= 11 is 0. The van der Waals surface area contributed by atoms with Gasteiger partial charge in [-0.25, -0.2) is 9.18 Å². The lowest BCUT2D eigenvalue weighted by Gasteiger charge is -2.22. The molecule has 0 aliphatic carbocycles. The molecule has 0 saturated carbocycles. The zero-order chi connectivity index (χ0) is 23.0. The molecule has 0 radical (unpaired) electrons. The predicted octanol–water partition coefficient (Wildman–Crippen LogP) is 5.04. The number of hydrogen-bond acceptors (Lipinski definition) is 3. The molecule has 1 heterocycles. The van der Waals surface area contributed by atoms with Gasteiger partial charge in [0.05, 0.1) is 11.4 Å². The van der Waals surface area contributed by atoms with Gasteiger partial charge < -0.3 is 20.9 Å². The summed E-state index contributed by atoms with van der Waals surface area (Å²) in [6.45, 7) is 2.35. The van der Waals surface area contributed by atoms with Crippen molar-refractivity contribution in [1.29, 1.82) is 0 Å². The van der Waals surface area contributed by atoms with Crippen molar-refractivity contribution < 1.29 is 14.0 Å². The van der Waals surface area contributed by atoms with Crippen molar-refractivity contribution in [3.05, 3.63) is 89.7 Å². The maximum Gasteiger partial charge on any atom is 0.319 e. The van der Waals surface area contributed by atoms with E-state index < -0.39 is 5.82 Å². The highest BCUT2D eigenvalue weighted by atomic mass is 19.1. The van der Waals surface area contributed by atoms with Crippen LogP contribution < -0.4 is 20.9 Å². The van der Waals surface area contributed by atoms with E-state index >= 15 is 0 Å². The standard InChI is InChI=1S/C26H27FN4O2/c27-21-10-8-20(9-11-21)25(32)29-22-12-13-24(31-16-4-5-17-31)23(18-22)30-26(33)28-15-14-19-6-2-1-3-7-19/h1-3,6-13,18H,4-5,14-17H2,(H,29,32)(H2,28,30,33). The quantitative estimate of drug-likeness (QED) is 0.476. The highest BCUT2D eigenvalue weighted by Gasteiger charge is 2.18. The van der Waals surface area contributed by atoms with E-state index in [1.54, 1.807) is 6.07 Å². The van der Waals surface area contributed by atoms with Crippen LogP contribution in [0.25, 0.3) is 0 Å². The SMILES string of the molecule is O=C(NCCc1ccccc1)Nc1cc(NC(=O)c2ccc(F)cc2)ccc1N1CCCC1. The molecule has 3 N–H and O–H groups in total. The fraction of sp³-hybridized carbons (Fsp3) is 0.231. The number of anilines is 3. The average Bonchev–Trinajstić information content (AvgIpc) is 3.35. The average molecular weight is 447 g/mol. The Hall–Kier alpha value is -3.87. The molecule has 33 heavy (non-hydrogen) atoms. The number of carbonyl (C=O) groups excluding carboxylic acids is 2. The minimum absolute atomic E-state index is 0.298. The van der Waals surface area contributed by atoms with E-state index in [1.165, 1.54) is 24.3 Å². The third-order valence-corrected chi connectivity index (χ3v) is 5.60. The number of hydrogen-bond donors (Lipinski definition) is 3. The highest BCUT2D eigenvalue weighted by molar-refractivity contribution is 6.05. The monoisotopic (exact) mass is 446 g/mol. The molecule has 0 unspecified atom stereocenters. The van der Waals surface area contributed by atoms with Crippen LogP contribution in [0.1, 0.15) is 28.8 Å². The van der Waals surface area contributed by atoms with E-state index in [4.69, 9.17) is 0 Å². The van der Waals surface area contributed by atoms with E-state index in [0.717, 1.165) is 43.6 Å². The summed E-state index contributed by atoms with van der Waals surface area (Å²) in [6.07, 6.45) is 2.94. The van der Waals surface area contributed by atoms with Crippen molar-refractivity contribution in [1.82, 2.24) is 5.32 Å². The summed E-state index contributed by atoms with van der Waals surface area (Å²) in [5.74, 6) is -0.742. The maximum absolute atomic E-state index is 13.1. The van der Waals surface area contributed by atoms with Crippen LogP contribution in [-0.2, 0) is 6.42 Å². The number of urea groups is 1. The molecular formula is C26H27FN4O2. The molecular weight excluding hydrogens is 419 g/mol. The van der Waals surface area contributed by atoms with Crippen LogP contribution in [0, 0.1) is 5.82 Å². The van der Waals surface area contributed by atoms with Gasteiger partial charge in [0.2, 0.25) is 0 Å². The molecule has 7 heteroatoms. The maximum atomic E-state index is 13.1. The zero-order valence-corrected chi connectivity index (χ0v) is 18.3. The van der Waals surface area contributed by atoms with Gasteiger partial charge >= 0.3 is 6.03 Å². The topological polar surface area (TPSA) is 73.5 Å². The van der Waals surface area contributed by atoms with E-state index in [1.807, 2.05) is 42.5 Å². The van der Waals surface area contributed by atoms with Gasteiger partial charge in [0.15, 0.2) is 0 Å². The van der Waals surface area contributed by atoms with Gasteiger partial charge in [-0.3, -0.25) is 4.79 Å². The van der Waals surface area contributed by atoms with Crippen LogP contribution in [0.5, 0.6) is 0 Å². The smallest absolute Gasteiger partial charge is 0.319 e. The Labute approximate surface area is 192 Å². The molecule has 170 valence electrons. The molecule has 0 spiro atoms. The van der Waals surface area contributed by atoms with Gasteiger partial charge in [0.25, 0.3) is 5.91 Å². The summed E-state index contributed by atoms with van der Waals surface area (Å²) in [6, 6.07) is 20.5. The Morgan fingerprint density at radius 2 is 1.61 bits per heavy atom. The third kappa shape index (κ3) is 6.10. The summed E-state index contributed by atoms with van der Waals surface area (Å²) in [7, 11) is 0. The molecule has 0 aromatic heterocycles. The Balaban J connectivity index is 1.44. The van der Waals surface area contributed by atoms with E-state index in [9.17, 15) is 14.0 Å². The third-order valence-electron chi connectivity index (χ3n) is 5.60. The van der Waals surface area contributed by atoms with Crippen LogP contribution >= 0.6 is 0 Å². The van der Waals surface area contributed by atoms with Gasteiger partial charge in [0, 0.05) is 30.9 Å². The Morgan fingerprint density at radius 1 is 0.879 bits per heavy atom. The van der Waals surface area contributed by atoms with Crippen LogP contribution in [0.4, 0.5) is 26.2 Å². The lowest BCUT2D eigenvalue weighted by Crippen LogP contribution is -2.31. The largest absolute Gasteiger partial charge is 0.370 e. The second-order valence-corrected chi connectivity index (χ2v) is 8.00. The lowest BCUT2D eigenvalue weighted by atomic mass is 10.1. The molecule has 3 amide bonds. The number of rotatable bonds is 7. The molecule has 4 rings (SSSR count). The minimum atomic E-state index is -0.397. The second-order valence-electron chi connectivity index (χ2n) is 8.00. The first-order chi connectivity index (χ1) is 16.1. The number of nitrogens with one attached hydrogen (secondary N) is 3. The first-order valence-corrected chi connectivity index (χ1v) is 11.1. The first kappa shape index (κ1) is 22.3. The highest BCUT2D eigenvalue weighted by Crippen LogP contribution is 2.32. The van der Waals surface area contributed by atoms with Gasteiger partial charge in [-0.15, -0.1) is 0 Å². The number of benzene rings is 3. The van der Waals surface area contributed by atoms with E-state index in [-0.39, 0.29) is 11.9 Å². The van der Waals surface area contributed by atoms with E-state index in [0.29, 0.717) is 23.5 Å². The van der Waals surface area contributed by atoms with Gasteiger partial charge in [-0.2, -0.15) is 0 Å². The van der Waals surface area contributed by atoms with Crippen molar-refractivity contribution >= 4 is 29.0 Å². The molecule has 0 bridgehead atoms. The van der Waals surface area contributed by atoms with Crippen molar-refractivity contribution in [2.75, 3.05) is 35.2 Å². The predicted molar refractivity (Wildman–Crippen MR) is 129 cm³/mol. The summed E-state index contributed by atoms with van der Waals surface area (Å²) in [4.78, 5) is 27.4. The lowest BCUT2D eigenvalue weighted by molar-refractivity contribution is 0.102. The molecule has 3 aromatic rings. The normalized spacial score (nSPS) is 12.9. The van der Waals surface area contributed by atoms with E-state index in [2.05, 4.69) is 20.9 Å². The van der Waals surface area contributed by atoms with Crippen molar-refractivity contribution in [3.63, 3.8) is 0 Å². The molecule has 1 aliphatic rings. The van der Waals surface area contributed by atoms with Gasteiger partial charge in [0.1, 0.15) is 5.82 Å². The van der Waals surface area contributed by atoms with Gasteiger partial charge in [-0.1, -0.05) is 30.3 Å². The van der Waals surface area contributed by atoms with Crippen molar-refractivity contribution in [2.24, 2.45) is 0 Å². The molecule has 1 aliphatic heterocycles. The molecule has 6 nitrogen and oxygen atoms in total. The number of halogens is 1. The van der Waals surface area contributed by atoms with Crippen molar-refractivity contribution in [2.45, 2.75) is 19.3 Å². The van der Waals surface area contributed by atoms with Gasteiger partial charge in [-0.05, 0) is 67.3 Å². The van der Waals surface area contributed by atoms with Crippen LogP contribution in [-0.4, -0.2) is 31.6 Å². The number of amides is 3. The molecule has 1 saturated heterocycles. The number of carbonyl (C=O) groups is 2. The molecule has 3 aromatic carbocycles.